The highest BCUT2D eigenvalue weighted by molar-refractivity contribution is 7.10. The number of hydrogen-bond donors (Lipinski definition) is 1. The van der Waals surface area contributed by atoms with Gasteiger partial charge in [-0.3, -0.25) is 19.7 Å². The summed E-state index contributed by atoms with van der Waals surface area (Å²) in [6.07, 6.45) is 4.20. The molecule has 7 nitrogen and oxygen atoms in total. The summed E-state index contributed by atoms with van der Waals surface area (Å²) in [6, 6.07) is 4.56. The molecule has 3 rings (SSSR count). The van der Waals surface area contributed by atoms with Crippen LogP contribution in [-0.4, -0.2) is 43.9 Å². The Morgan fingerprint density at radius 2 is 2.41 bits per heavy atom. The first-order valence-corrected chi connectivity index (χ1v) is 8.14. The van der Waals surface area contributed by atoms with Crippen molar-refractivity contribution in [1.82, 2.24) is 14.7 Å². The summed E-state index contributed by atoms with van der Waals surface area (Å²) >= 11 is 1.75. The second kappa shape index (κ2) is 6.55. The van der Waals surface area contributed by atoms with Crippen molar-refractivity contribution in [2.75, 3.05) is 13.1 Å². The zero-order valence-corrected chi connectivity index (χ0v) is 12.9. The maximum atomic E-state index is 10.6. The van der Waals surface area contributed by atoms with Gasteiger partial charge in [0.15, 0.2) is 0 Å². The van der Waals surface area contributed by atoms with E-state index in [2.05, 4.69) is 27.5 Å². The van der Waals surface area contributed by atoms with E-state index in [0.29, 0.717) is 12.6 Å². The minimum absolute atomic E-state index is 0.0511. The van der Waals surface area contributed by atoms with Crippen molar-refractivity contribution in [1.29, 1.82) is 0 Å². The Morgan fingerprint density at radius 3 is 3.09 bits per heavy atom. The fraction of sp³-hybridized carbons (Fsp3) is 0.500. The molecule has 0 spiro atoms. The third-order valence-corrected chi connectivity index (χ3v) is 4.88. The van der Waals surface area contributed by atoms with Gasteiger partial charge in [0.1, 0.15) is 12.4 Å². The molecule has 0 radical (unpaired) electrons. The molecule has 22 heavy (non-hydrogen) atoms. The van der Waals surface area contributed by atoms with Gasteiger partial charge in [0.2, 0.25) is 0 Å². The number of aliphatic hydroxyl groups is 1. The third kappa shape index (κ3) is 3.34. The van der Waals surface area contributed by atoms with Crippen LogP contribution in [0.25, 0.3) is 0 Å². The van der Waals surface area contributed by atoms with E-state index in [9.17, 15) is 15.2 Å². The molecular formula is C14H18N4O3S. The largest absolute Gasteiger partial charge is 0.390 e. The standard InChI is InChI=1S/C14H18N4O3S/c19-12(10-17-8-11(7-15-17)18(20)21)9-16-5-1-3-13(16)14-4-2-6-22-14/h2,4,6-8,12-13,19H,1,3,5,9-10H2/t12-,13-/m1/s1. The number of nitro groups is 1. The molecule has 0 bridgehead atoms. The van der Waals surface area contributed by atoms with Crippen molar-refractivity contribution >= 4 is 17.0 Å². The molecule has 1 N–H and O–H groups in total. The van der Waals surface area contributed by atoms with Gasteiger partial charge in [0.05, 0.1) is 17.6 Å². The van der Waals surface area contributed by atoms with Crippen molar-refractivity contribution in [3.8, 4) is 0 Å². The Labute approximate surface area is 131 Å². The summed E-state index contributed by atoms with van der Waals surface area (Å²) < 4.78 is 1.43. The highest BCUT2D eigenvalue weighted by Gasteiger charge is 2.28. The summed E-state index contributed by atoms with van der Waals surface area (Å²) in [4.78, 5) is 13.8. The second-order valence-electron chi connectivity index (χ2n) is 5.50. The number of β-amino-alcohol motifs (C(OH)–C–C–N with tert-alkyl or cyclic N) is 1. The second-order valence-corrected chi connectivity index (χ2v) is 6.48. The lowest BCUT2D eigenvalue weighted by Gasteiger charge is -2.26. The number of hydrogen-bond acceptors (Lipinski definition) is 6. The first-order chi connectivity index (χ1) is 10.6. The van der Waals surface area contributed by atoms with Crippen LogP contribution in [0.4, 0.5) is 5.69 Å². The number of nitrogens with zero attached hydrogens (tertiary/aromatic N) is 4. The van der Waals surface area contributed by atoms with Crippen LogP contribution in [0.5, 0.6) is 0 Å². The van der Waals surface area contributed by atoms with Gasteiger partial charge in [-0.05, 0) is 30.8 Å². The molecule has 2 aromatic rings. The molecule has 8 heteroatoms. The summed E-state index contributed by atoms with van der Waals surface area (Å²) in [7, 11) is 0. The molecule has 0 saturated carbocycles. The van der Waals surface area contributed by atoms with Gasteiger partial charge in [0, 0.05) is 17.5 Å². The molecule has 0 aliphatic carbocycles. The van der Waals surface area contributed by atoms with E-state index in [1.807, 2.05) is 0 Å². The fourth-order valence-corrected chi connectivity index (χ4v) is 3.83. The first kappa shape index (κ1) is 15.1. The summed E-state index contributed by atoms with van der Waals surface area (Å²) in [5.74, 6) is 0. The molecule has 0 unspecified atom stereocenters. The molecule has 118 valence electrons. The Hall–Kier alpha value is -1.77. The average Bonchev–Trinajstić information content (AvgIpc) is 3.18. The van der Waals surface area contributed by atoms with Gasteiger partial charge in [-0.2, -0.15) is 5.10 Å². The number of likely N-dealkylation sites (tertiary alicyclic amines) is 1. The Morgan fingerprint density at radius 1 is 1.55 bits per heavy atom. The van der Waals surface area contributed by atoms with Crippen LogP contribution in [0, 0.1) is 10.1 Å². The van der Waals surface area contributed by atoms with Crippen molar-refractivity contribution < 1.29 is 10.0 Å². The average molecular weight is 322 g/mol. The van der Waals surface area contributed by atoms with Gasteiger partial charge in [-0.15, -0.1) is 11.3 Å². The zero-order valence-electron chi connectivity index (χ0n) is 12.0. The minimum atomic E-state index is -0.597. The molecule has 1 aliphatic heterocycles. The maximum absolute atomic E-state index is 10.6. The highest BCUT2D eigenvalue weighted by atomic mass is 32.1. The lowest BCUT2D eigenvalue weighted by Crippen LogP contribution is -2.34. The van der Waals surface area contributed by atoms with Crippen LogP contribution >= 0.6 is 11.3 Å². The molecule has 2 atom stereocenters. The first-order valence-electron chi connectivity index (χ1n) is 7.26. The Kier molecular flexibility index (Phi) is 4.51. The fourth-order valence-electron chi connectivity index (χ4n) is 2.94. The number of aromatic nitrogens is 2. The minimum Gasteiger partial charge on any atom is -0.390 e. The van der Waals surface area contributed by atoms with Gasteiger partial charge in [-0.1, -0.05) is 6.07 Å². The lowest BCUT2D eigenvalue weighted by atomic mass is 10.2. The maximum Gasteiger partial charge on any atom is 0.306 e. The SMILES string of the molecule is O=[N+]([O-])c1cnn(C[C@H](O)CN2CCC[C@@H]2c2cccs2)c1. The Bertz CT molecular complexity index is 628. The van der Waals surface area contributed by atoms with Gasteiger partial charge in [0.25, 0.3) is 0 Å². The third-order valence-electron chi connectivity index (χ3n) is 3.91. The molecule has 0 amide bonds. The summed E-state index contributed by atoms with van der Waals surface area (Å²) in [5, 5.41) is 26.9. The molecule has 1 saturated heterocycles. The smallest absolute Gasteiger partial charge is 0.306 e. The van der Waals surface area contributed by atoms with E-state index in [1.54, 1.807) is 11.3 Å². The molecule has 0 aromatic carbocycles. The normalized spacial score (nSPS) is 20.3. The quantitative estimate of drug-likeness (QED) is 0.650. The monoisotopic (exact) mass is 322 g/mol. The van der Waals surface area contributed by atoms with Gasteiger partial charge < -0.3 is 5.11 Å². The van der Waals surface area contributed by atoms with Crippen molar-refractivity contribution in [2.45, 2.75) is 31.5 Å². The topological polar surface area (TPSA) is 84.4 Å². The summed E-state index contributed by atoms with van der Waals surface area (Å²) in [6.45, 7) is 1.79. The number of rotatable bonds is 6. The van der Waals surface area contributed by atoms with E-state index >= 15 is 0 Å². The van der Waals surface area contributed by atoms with E-state index < -0.39 is 11.0 Å². The van der Waals surface area contributed by atoms with Gasteiger partial charge >= 0.3 is 5.69 Å². The molecule has 2 aromatic heterocycles. The molecular weight excluding hydrogens is 304 g/mol. The summed E-state index contributed by atoms with van der Waals surface area (Å²) in [5.41, 5.74) is -0.0511. The van der Waals surface area contributed by atoms with E-state index in [-0.39, 0.29) is 12.2 Å². The van der Waals surface area contributed by atoms with E-state index in [1.165, 1.54) is 22.0 Å². The number of thiophene rings is 1. The van der Waals surface area contributed by atoms with Crippen LogP contribution in [0.3, 0.4) is 0 Å². The van der Waals surface area contributed by atoms with Crippen LogP contribution in [0.2, 0.25) is 0 Å². The highest BCUT2D eigenvalue weighted by Crippen LogP contribution is 2.34. The van der Waals surface area contributed by atoms with Crippen molar-refractivity contribution in [3.63, 3.8) is 0 Å². The van der Waals surface area contributed by atoms with Crippen LogP contribution < -0.4 is 0 Å². The molecule has 1 aliphatic rings. The number of aliphatic hydroxyl groups excluding tert-OH is 1. The van der Waals surface area contributed by atoms with Crippen molar-refractivity contribution in [2.24, 2.45) is 0 Å². The van der Waals surface area contributed by atoms with E-state index in [0.717, 1.165) is 19.4 Å². The lowest BCUT2D eigenvalue weighted by molar-refractivity contribution is -0.385. The van der Waals surface area contributed by atoms with E-state index in [4.69, 9.17) is 0 Å². The molecule has 3 heterocycles. The zero-order chi connectivity index (χ0) is 15.5. The van der Waals surface area contributed by atoms with Crippen LogP contribution in [0.1, 0.15) is 23.8 Å². The Balaban J connectivity index is 1.58. The van der Waals surface area contributed by atoms with Crippen molar-refractivity contribution in [3.05, 3.63) is 44.9 Å². The molecule has 1 fully saturated rings. The predicted molar refractivity (Wildman–Crippen MR) is 82.8 cm³/mol. The van der Waals surface area contributed by atoms with Crippen LogP contribution in [0.15, 0.2) is 29.9 Å². The van der Waals surface area contributed by atoms with Crippen LogP contribution in [-0.2, 0) is 6.54 Å². The predicted octanol–water partition coefficient (Wildman–Crippen LogP) is 2.05. The van der Waals surface area contributed by atoms with Gasteiger partial charge in [-0.25, -0.2) is 0 Å².